The van der Waals surface area contributed by atoms with Crippen LogP contribution in [0.3, 0.4) is 0 Å². The number of rotatable bonds is 5. The van der Waals surface area contributed by atoms with Crippen molar-refractivity contribution in [2.24, 2.45) is 5.92 Å². The van der Waals surface area contributed by atoms with Gasteiger partial charge in [0.15, 0.2) is 5.76 Å². The fourth-order valence-corrected chi connectivity index (χ4v) is 3.28. The predicted molar refractivity (Wildman–Crippen MR) is 91.2 cm³/mol. The first-order valence-corrected chi connectivity index (χ1v) is 8.56. The van der Waals surface area contributed by atoms with Crippen molar-refractivity contribution in [1.82, 2.24) is 10.1 Å². The molecule has 0 bridgehead atoms. The Kier molecular flexibility index (Phi) is 5.30. The molecular formula is C19H24N2O3. The first kappa shape index (κ1) is 16.7. The zero-order valence-corrected chi connectivity index (χ0v) is 14.0. The van der Waals surface area contributed by atoms with Gasteiger partial charge in [0.05, 0.1) is 18.2 Å². The lowest BCUT2D eigenvalue weighted by molar-refractivity contribution is -0.130. The number of aliphatic hydroxyl groups excluding tert-OH is 1. The van der Waals surface area contributed by atoms with Gasteiger partial charge in [0.2, 0.25) is 5.91 Å². The number of aromatic nitrogens is 1. The highest BCUT2D eigenvalue weighted by Gasteiger charge is 2.25. The third-order valence-electron chi connectivity index (χ3n) is 4.75. The molecule has 1 aromatic carbocycles. The van der Waals surface area contributed by atoms with Crippen LogP contribution in [0.5, 0.6) is 0 Å². The van der Waals surface area contributed by atoms with Crippen LogP contribution in [0.2, 0.25) is 0 Å². The summed E-state index contributed by atoms with van der Waals surface area (Å²) in [7, 11) is 1.79. The first-order valence-electron chi connectivity index (χ1n) is 8.56. The molecule has 0 aliphatic heterocycles. The molecule has 1 amide bonds. The molecule has 0 radical (unpaired) electrons. The maximum atomic E-state index is 12.4. The first-order chi connectivity index (χ1) is 11.6. The van der Waals surface area contributed by atoms with Gasteiger partial charge in [0, 0.05) is 31.1 Å². The molecule has 1 aliphatic rings. The summed E-state index contributed by atoms with van der Waals surface area (Å²) < 4.78 is 5.34. The molecule has 1 aliphatic carbocycles. The SMILES string of the molecule is CN(CC1CCCCC1O)C(=O)Cc1cc(-c2ccccc2)on1. The Labute approximate surface area is 142 Å². The van der Waals surface area contributed by atoms with Gasteiger partial charge in [0.1, 0.15) is 0 Å². The average molecular weight is 328 g/mol. The van der Waals surface area contributed by atoms with E-state index in [1.54, 1.807) is 11.9 Å². The predicted octanol–water partition coefficient (Wildman–Crippen LogP) is 2.89. The van der Waals surface area contributed by atoms with Crippen LogP contribution in [0.25, 0.3) is 11.3 Å². The third kappa shape index (κ3) is 4.03. The fraction of sp³-hybridized carbons (Fsp3) is 0.474. The minimum Gasteiger partial charge on any atom is -0.393 e. The fourth-order valence-electron chi connectivity index (χ4n) is 3.28. The Balaban J connectivity index is 1.57. The number of hydrogen-bond donors (Lipinski definition) is 1. The lowest BCUT2D eigenvalue weighted by Crippen LogP contribution is -2.38. The number of aliphatic hydroxyl groups is 1. The summed E-state index contributed by atoms with van der Waals surface area (Å²) in [5.41, 5.74) is 1.58. The molecule has 128 valence electrons. The Morgan fingerprint density at radius 2 is 2.04 bits per heavy atom. The molecule has 1 aromatic heterocycles. The highest BCUT2D eigenvalue weighted by atomic mass is 16.5. The highest BCUT2D eigenvalue weighted by molar-refractivity contribution is 5.78. The minimum absolute atomic E-state index is 0.000634. The maximum absolute atomic E-state index is 12.4. The number of amides is 1. The lowest BCUT2D eigenvalue weighted by atomic mass is 9.86. The van der Waals surface area contributed by atoms with Gasteiger partial charge in [-0.15, -0.1) is 0 Å². The van der Waals surface area contributed by atoms with Gasteiger partial charge in [-0.2, -0.15) is 0 Å². The molecule has 2 unspecified atom stereocenters. The van der Waals surface area contributed by atoms with Crippen molar-refractivity contribution >= 4 is 5.91 Å². The molecule has 0 saturated heterocycles. The Morgan fingerprint density at radius 1 is 1.29 bits per heavy atom. The van der Waals surface area contributed by atoms with Gasteiger partial charge in [-0.1, -0.05) is 48.3 Å². The second kappa shape index (κ2) is 7.62. The van der Waals surface area contributed by atoms with Crippen molar-refractivity contribution < 1.29 is 14.4 Å². The molecule has 5 heteroatoms. The summed E-state index contributed by atoms with van der Waals surface area (Å²) in [6, 6.07) is 11.5. The molecule has 5 nitrogen and oxygen atoms in total. The Morgan fingerprint density at radius 3 is 2.79 bits per heavy atom. The van der Waals surface area contributed by atoms with Crippen LogP contribution in [-0.2, 0) is 11.2 Å². The van der Waals surface area contributed by atoms with Crippen LogP contribution < -0.4 is 0 Å². The van der Waals surface area contributed by atoms with Crippen LogP contribution in [0.15, 0.2) is 40.9 Å². The quantitative estimate of drug-likeness (QED) is 0.916. The monoisotopic (exact) mass is 328 g/mol. The van der Waals surface area contributed by atoms with E-state index in [0.29, 0.717) is 18.0 Å². The number of carbonyl (C=O) groups excluding carboxylic acids is 1. The highest BCUT2D eigenvalue weighted by Crippen LogP contribution is 2.25. The summed E-state index contributed by atoms with van der Waals surface area (Å²) in [4.78, 5) is 14.1. The number of hydrogen-bond acceptors (Lipinski definition) is 4. The zero-order chi connectivity index (χ0) is 16.9. The standard InChI is InChI=1S/C19H24N2O3/c1-21(13-15-9-5-6-10-17(15)22)19(23)12-16-11-18(24-20-16)14-7-3-2-4-8-14/h2-4,7-8,11,15,17,22H,5-6,9-10,12-13H2,1H3. The summed E-state index contributed by atoms with van der Waals surface area (Å²) in [6.45, 7) is 0.601. The van der Waals surface area contributed by atoms with Crippen LogP contribution in [-0.4, -0.2) is 40.8 Å². The van der Waals surface area contributed by atoms with Gasteiger partial charge in [-0.25, -0.2) is 0 Å². The molecule has 1 N–H and O–H groups in total. The third-order valence-corrected chi connectivity index (χ3v) is 4.75. The number of carbonyl (C=O) groups is 1. The number of benzene rings is 1. The van der Waals surface area contributed by atoms with E-state index in [9.17, 15) is 9.90 Å². The van der Waals surface area contributed by atoms with E-state index in [-0.39, 0.29) is 24.3 Å². The van der Waals surface area contributed by atoms with Crippen LogP contribution >= 0.6 is 0 Å². The molecule has 1 heterocycles. The second-order valence-corrected chi connectivity index (χ2v) is 6.61. The van der Waals surface area contributed by atoms with E-state index in [4.69, 9.17) is 4.52 Å². The normalized spacial score (nSPS) is 20.8. The van der Waals surface area contributed by atoms with Crippen molar-refractivity contribution in [2.75, 3.05) is 13.6 Å². The van der Waals surface area contributed by atoms with Crippen LogP contribution in [0, 0.1) is 5.92 Å². The Hall–Kier alpha value is -2.14. The molecule has 3 rings (SSSR count). The average Bonchev–Trinajstić information content (AvgIpc) is 3.06. The van der Waals surface area contributed by atoms with Gasteiger partial charge in [0.25, 0.3) is 0 Å². The summed E-state index contributed by atoms with van der Waals surface area (Å²) in [5, 5.41) is 14.1. The molecule has 2 atom stereocenters. The molecule has 24 heavy (non-hydrogen) atoms. The number of nitrogens with zero attached hydrogens (tertiary/aromatic N) is 2. The molecule has 1 saturated carbocycles. The number of likely N-dealkylation sites (N-methyl/N-ethyl adjacent to an activating group) is 1. The largest absolute Gasteiger partial charge is 0.393 e. The minimum atomic E-state index is -0.286. The molecule has 1 fully saturated rings. The topological polar surface area (TPSA) is 66.6 Å². The van der Waals surface area contributed by atoms with E-state index in [1.807, 2.05) is 36.4 Å². The Bertz CT molecular complexity index is 668. The van der Waals surface area contributed by atoms with Crippen molar-refractivity contribution in [3.63, 3.8) is 0 Å². The molecular weight excluding hydrogens is 304 g/mol. The van der Waals surface area contributed by atoms with Gasteiger partial charge < -0.3 is 14.5 Å². The second-order valence-electron chi connectivity index (χ2n) is 6.61. The van der Waals surface area contributed by atoms with Gasteiger partial charge in [-0.05, 0) is 12.8 Å². The van der Waals surface area contributed by atoms with Gasteiger partial charge in [-0.3, -0.25) is 4.79 Å². The summed E-state index contributed by atoms with van der Waals surface area (Å²) in [6.07, 6.45) is 3.97. The van der Waals surface area contributed by atoms with Crippen molar-refractivity contribution in [3.8, 4) is 11.3 Å². The molecule has 0 spiro atoms. The van der Waals surface area contributed by atoms with E-state index in [1.165, 1.54) is 0 Å². The maximum Gasteiger partial charge on any atom is 0.228 e. The smallest absolute Gasteiger partial charge is 0.228 e. The van der Waals surface area contributed by atoms with E-state index >= 15 is 0 Å². The van der Waals surface area contributed by atoms with Crippen molar-refractivity contribution in [3.05, 3.63) is 42.1 Å². The van der Waals surface area contributed by atoms with E-state index in [2.05, 4.69) is 5.16 Å². The van der Waals surface area contributed by atoms with Gasteiger partial charge >= 0.3 is 0 Å². The van der Waals surface area contributed by atoms with Crippen molar-refractivity contribution in [1.29, 1.82) is 0 Å². The zero-order valence-electron chi connectivity index (χ0n) is 14.0. The summed E-state index contributed by atoms with van der Waals surface area (Å²) >= 11 is 0. The van der Waals surface area contributed by atoms with Crippen LogP contribution in [0.4, 0.5) is 0 Å². The lowest BCUT2D eigenvalue weighted by Gasteiger charge is -2.31. The van der Waals surface area contributed by atoms with E-state index in [0.717, 1.165) is 31.2 Å². The molecule has 2 aromatic rings. The van der Waals surface area contributed by atoms with Crippen molar-refractivity contribution in [2.45, 2.75) is 38.2 Å². The summed E-state index contributed by atoms with van der Waals surface area (Å²) in [5.74, 6) is 0.856. The van der Waals surface area contributed by atoms with E-state index < -0.39 is 0 Å². The van der Waals surface area contributed by atoms with Crippen LogP contribution in [0.1, 0.15) is 31.4 Å².